The highest BCUT2D eigenvalue weighted by Crippen LogP contribution is 2.35. The van der Waals surface area contributed by atoms with Crippen molar-refractivity contribution in [3.8, 4) is 11.3 Å². The van der Waals surface area contributed by atoms with E-state index >= 15 is 0 Å². The molecule has 0 unspecified atom stereocenters. The maximum absolute atomic E-state index is 14.2. The number of halogens is 2. The first-order chi connectivity index (χ1) is 9.62. The Morgan fingerprint density at radius 3 is 2.33 bits per heavy atom. The summed E-state index contributed by atoms with van der Waals surface area (Å²) in [6.45, 7) is 10.3. The monoisotopic (exact) mass is 309 g/mol. The fourth-order valence-electron chi connectivity index (χ4n) is 2.38. The Hall–Kier alpha value is -1.55. The fraction of sp³-hybridized carbons (Fsp3) is 0.438. The summed E-state index contributed by atoms with van der Waals surface area (Å²) in [6.07, 6.45) is 0. The minimum Gasteiger partial charge on any atom is -0.383 e. The van der Waals surface area contributed by atoms with E-state index < -0.39 is 5.82 Å². The Bertz CT molecular complexity index is 669. The van der Waals surface area contributed by atoms with Crippen molar-refractivity contribution in [2.45, 2.75) is 46.1 Å². The van der Waals surface area contributed by atoms with Gasteiger partial charge >= 0.3 is 0 Å². The normalized spacial score (nSPS) is 12.2. The predicted octanol–water partition coefficient (Wildman–Crippen LogP) is 4.80. The molecule has 2 aromatic rings. The van der Waals surface area contributed by atoms with E-state index in [4.69, 9.17) is 17.3 Å². The molecule has 0 saturated heterocycles. The predicted molar refractivity (Wildman–Crippen MR) is 86.1 cm³/mol. The number of anilines is 1. The van der Waals surface area contributed by atoms with Crippen molar-refractivity contribution in [3.05, 3.63) is 34.9 Å². The zero-order valence-electron chi connectivity index (χ0n) is 13.0. The van der Waals surface area contributed by atoms with Gasteiger partial charge in [0, 0.05) is 22.0 Å². The lowest BCUT2D eigenvalue weighted by atomic mass is 9.95. The fourth-order valence-corrected chi connectivity index (χ4v) is 2.54. The van der Waals surface area contributed by atoms with Crippen LogP contribution >= 0.6 is 11.6 Å². The number of hydrogen-bond donors (Lipinski definition) is 1. The summed E-state index contributed by atoms with van der Waals surface area (Å²) in [5.41, 5.74) is 6.91. The zero-order chi connectivity index (χ0) is 15.9. The first-order valence-electron chi connectivity index (χ1n) is 6.96. The minimum atomic E-state index is -0.414. The number of benzene rings is 1. The summed E-state index contributed by atoms with van der Waals surface area (Å²) in [5, 5.41) is 0.356. The first-order valence-corrected chi connectivity index (χ1v) is 7.34. The zero-order valence-corrected chi connectivity index (χ0v) is 13.8. The van der Waals surface area contributed by atoms with Crippen molar-refractivity contribution in [2.75, 3.05) is 5.73 Å². The van der Waals surface area contributed by atoms with Gasteiger partial charge in [0.05, 0.1) is 0 Å². The van der Waals surface area contributed by atoms with Crippen LogP contribution in [0.3, 0.4) is 0 Å². The van der Waals surface area contributed by atoms with Crippen LogP contribution in [0.1, 0.15) is 46.5 Å². The molecule has 5 heteroatoms. The van der Waals surface area contributed by atoms with Crippen LogP contribution in [0.15, 0.2) is 18.2 Å². The smallest absolute Gasteiger partial charge is 0.134 e. The topological polar surface area (TPSA) is 43.8 Å². The molecule has 0 aliphatic heterocycles. The molecular formula is C16H21ClFN3. The lowest BCUT2D eigenvalue weighted by Crippen LogP contribution is -2.21. The van der Waals surface area contributed by atoms with Gasteiger partial charge in [0.2, 0.25) is 0 Å². The Morgan fingerprint density at radius 1 is 1.29 bits per heavy atom. The van der Waals surface area contributed by atoms with Crippen LogP contribution in [-0.2, 0) is 5.41 Å². The number of nitrogens with two attached hydrogens (primary N) is 1. The molecule has 2 N–H and O–H groups in total. The first kappa shape index (κ1) is 15.8. The Balaban J connectivity index is 2.71. The molecule has 2 rings (SSSR count). The molecule has 0 saturated carbocycles. The summed E-state index contributed by atoms with van der Waals surface area (Å²) in [4.78, 5) is 4.62. The SMILES string of the molecule is CC(C)n1c(C(C)(C)C)nc(-c2ccc(Cl)cc2F)c1N. The molecule has 3 nitrogen and oxygen atoms in total. The largest absolute Gasteiger partial charge is 0.383 e. The van der Waals surface area contributed by atoms with Crippen molar-refractivity contribution < 1.29 is 4.39 Å². The van der Waals surface area contributed by atoms with Crippen molar-refractivity contribution in [1.82, 2.24) is 9.55 Å². The van der Waals surface area contributed by atoms with Crippen LogP contribution in [0.2, 0.25) is 5.02 Å². The molecule has 0 radical (unpaired) electrons. The molecule has 114 valence electrons. The van der Waals surface area contributed by atoms with Gasteiger partial charge in [-0.15, -0.1) is 0 Å². The molecular weight excluding hydrogens is 289 g/mol. The molecule has 1 heterocycles. The average Bonchev–Trinajstić information content (AvgIpc) is 2.67. The highest BCUT2D eigenvalue weighted by Gasteiger charge is 2.27. The van der Waals surface area contributed by atoms with Gasteiger partial charge in [0.15, 0.2) is 0 Å². The second-order valence-corrected chi connectivity index (χ2v) is 6.94. The molecule has 1 aromatic heterocycles. The summed E-state index contributed by atoms with van der Waals surface area (Å²) < 4.78 is 16.1. The Kier molecular flexibility index (Phi) is 4.02. The van der Waals surface area contributed by atoms with Crippen LogP contribution in [-0.4, -0.2) is 9.55 Å². The standard InChI is InChI=1S/C16H21ClFN3/c1-9(2)21-14(19)13(20-15(21)16(3,4)5)11-7-6-10(17)8-12(11)18/h6-9H,19H2,1-5H3. The number of aromatic nitrogens is 2. The van der Waals surface area contributed by atoms with Gasteiger partial charge in [0.1, 0.15) is 23.2 Å². The quantitative estimate of drug-likeness (QED) is 0.865. The van der Waals surface area contributed by atoms with E-state index in [0.717, 1.165) is 5.82 Å². The molecule has 21 heavy (non-hydrogen) atoms. The van der Waals surface area contributed by atoms with E-state index in [2.05, 4.69) is 25.8 Å². The van der Waals surface area contributed by atoms with Gasteiger partial charge < -0.3 is 10.3 Å². The number of nitrogens with zero attached hydrogens (tertiary/aromatic N) is 2. The average molecular weight is 310 g/mol. The molecule has 0 amide bonds. The third-order valence-electron chi connectivity index (χ3n) is 3.32. The summed E-state index contributed by atoms with van der Waals surface area (Å²) in [6, 6.07) is 4.69. The van der Waals surface area contributed by atoms with Crippen LogP contribution in [0.25, 0.3) is 11.3 Å². The maximum Gasteiger partial charge on any atom is 0.134 e. The summed E-state index contributed by atoms with van der Waals surface area (Å²) in [5.74, 6) is 0.915. The van der Waals surface area contributed by atoms with Crippen LogP contribution < -0.4 is 5.73 Å². The minimum absolute atomic E-state index is 0.149. The van der Waals surface area contributed by atoms with Gasteiger partial charge in [0.25, 0.3) is 0 Å². The molecule has 0 spiro atoms. The van der Waals surface area contributed by atoms with E-state index in [9.17, 15) is 4.39 Å². The molecule has 0 aliphatic rings. The van der Waals surface area contributed by atoms with Crippen molar-refractivity contribution in [3.63, 3.8) is 0 Å². The van der Waals surface area contributed by atoms with E-state index in [-0.39, 0.29) is 11.5 Å². The number of nitrogen functional groups attached to an aromatic ring is 1. The van der Waals surface area contributed by atoms with Crippen LogP contribution in [0, 0.1) is 5.82 Å². The van der Waals surface area contributed by atoms with Crippen LogP contribution in [0.4, 0.5) is 10.2 Å². The molecule has 0 bridgehead atoms. The van der Waals surface area contributed by atoms with Gasteiger partial charge in [-0.1, -0.05) is 32.4 Å². The molecule has 0 aliphatic carbocycles. The van der Waals surface area contributed by atoms with E-state index in [0.29, 0.717) is 22.1 Å². The van der Waals surface area contributed by atoms with Crippen molar-refractivity contribution in [2.24, 2.45) is 0 Å². The number of hydrogen-bond acceptors (Lipinski definition) is 2. The third kappa shape index (κ3) is 2.91. The highest BCUT2D eigenvalue weighted by atomic mass is 35.5. The molecule has 0 atom stereocenters. The highest BCUT2D eigenvalue weighted by molar-refractivity contribution is 6.30. The van der Waals surface area contributed by atoms with Gasteiger partial charge in [-0.25, -0.2) is 9.37 Å². The summed E-state index contributed by atoms with van der Waals surface area (Å²) in [7, 11) is 0. The molecule has 1 aromatic carbocycles. The van der Waals surface area contributed by atoms with Gasteiger partial charge in [-0.2, -0.15) is 0 Å². The third-order valence-corrected chi connectivity index (χ3v) is 3.56. The lowest BCUT2D eigenvalue weighted by molar-refractivity contribution is 0.473. The van der Waals surface area contributed by atoms with E-state index in [1.54, 1.807) is 12.1 Å². The van der Waals surface area contributed by atoms with E-state index in [1.807, 2.05) is 18.4 Å². The molecule has 0 fully saturated rings. The van der Waals surface area contributed by atoms with Crippen molar-refractivity contribution in [1.29, 1.82) is 0 Å². The van der Waals surface area contributed by atoms with Gasteiger partial charge in [-0.3, -0.25) is 0 Å². The Morgan fingerprint density at radius 2 is 1.90 bits per heavy atom. The van der Waals surface area contributed by atoms with Crippen molar-refractivity contribution >= 4 is 17.4 Å². The van der Waals surface area contributed by atoms with Gasteiger partial charge in [-0.05, 0) is 32.0 Å². The van der Waals surface area contributed by atoms with Crippen LogP contribution in [0.5, 0.6) is 0 Å². The number of rotatable bonds is 2. The lowest BCUT2D eigenvalue weighted by Gasteiger charge is -2.22. The number of imidazole rings is 1. The van der Waals surface area contributed by atoms with E-state index in [1.165, 1.54) is 6.07 Å². The second-order valence-electron chi connectivity index (χ2n) is 6.51. The second kappa shape index (κ2) is 5.34. The Labute approximate surface area is 129 Å². The summed E-state index contributed by atoms with van der Waals surface area (Å²) >= 11 is 5.81. The maximum atomic E-state index is 14.2.